The summed E-state index contributed by atoms with van der Waals surface area (Å²) in [6.07, 6.45) is 6.49. The van der Waals surface area contributed by atoms with Crippen molar-refractivity contribution in [2.45, 2.75) is 44.7 Å². The summed E-state index contributed by atoms with van der Waals surface area (Å²) in [7, 11) is -1.74. The number of hydrogen-bond acceptors (Lipinski definition) is 3. The standard InChI is InChI=1S/C15H21BFNO2/c17-14-7-6-11(9-13(14)16(19)20)10-18-8-2-4-12-3-1-5-15(12)18/h6-7,9,12,15,19-20H,1-5,8,10H2. The van der Waals surface area contributed by atoms with Crippen molar-refractivity contribution < 1.29 is 14.4 Å². The normalized spacial score (nSPS) is 26.6. The lowest BCUT2D eigenvalue weighted by atomic mass is 9.79. The number of fused-ring (bicyclic) bond motifs is 1. The molecule has 0 aromatic heterocycles. The molecule has 1 aromatic carbocycles. The summed E-state index contributed by atoms with van der Waals surface area (Å²) in [6.45, 7) is 1.87. The monoisotopic (exact) mass is 277 g/mol. The Morgan fingerprint density at radius 2 is 2.00 bits per heavy atom. The first-order chi connectivity index (χ1) is 9.65. The lowest BCUT2D eigenvalue weighted by Gasteiger charge is -2.37. The molecular weight excluding hydrogens is 256 g/mol. The van der Waals surface area contributed by atoms with Crippen LogP contribution in [0.1, 0.15) is 37.7 Å². The van der Waals surface area contributed by atoms with E-state index in [1.165, 1.54) is 38.2 Å². The summed E-state index contributed by atoms with van der Waals surface area (Å²) in [5.41, 5.74) is 0.935. The summed E-state index contributed by atoms with van der Waals surface area (Å²) in [6, 6.07) is 5.33. The second kappa shape index (κ2) is 5.84. The Bertz CT molecular complexity index is 483. The second-order valence-corrected chi connectivity index (χ2v) is 6.10. The van der Waals surface area contributed by atoms with Crippen LogP contribution in [-0.4, -0.2) is 34.7 Å². The third-order valence-corrected chi connectivity index (χ3v) is 4.83. The molecule has 2 atom stereocenters. The molecule has 1 saturated heterocycles. The molecule has 0 amide bonds. The maximum atomic E-state index is 13.5. The van der Waals surface area contributed by atoms with E-state index in [9.17, 15) is 14.4 Å². The molecule has 108 valence electrons. The molecule has 0 radical (unpaired) electrons. The first-order valence-corrected chi connectivity index (χ1v) is 7.53. The molecular formula is C15H21BFNO2. The van der Waals surface area contributed by atoms with Crippen LogP contribution < -0.4 is 5.46 Å². The van der Waals surface area contributed by atoms with Crippen LogP contribution in [0.3, 0.4) is 0 Å². The maximum Gasteiger partial charge on any atom is 0.491 e. The van der Waals surface area contributed by atoms with E-state index in [4.69, 9.17) is 0 Å². The van der Waals surface area contributed by atoms with Gasteiger partial charge in [-0.25, -0.2) is 4.39 Å². The Morgan fingerprint density at radius 1 is 1.20 bits per heavy atom. The SMILES string of the molecule is OB(O)c1cc(CN2CCCC3CCCC32)ccc1F. The highest BCUT2D eigenvalue weighted by Gasteiger charge is 2.34. The molecule has 1 aliphatic carbocycles. The fourth-order valence-electron chi connectivity index (χ4n) is 3.88. The van der Waals surface area contributed by atoms with Gasteiger partial charge in [0.25, 0.3) is 0 Å². The van der Waals surface area contributed by atoms with Crippen LogP contribution >= 0.6 is 0 Å². The topological polar surface area (TPSA) is 43.7 Å². The number of nitrogens with zero attached hydrogens (tertiary/aromatic N) is 1. The van der Waals surface area contributed by atoms with Gasteiger partial charge in [0.15, 0.2) is 0 Å². The average Bonchev–Trinajstić information content (AvgIpc) is 2.90. The van der Waals surface area contributed by atoms with Gasteiger partial charge in [-0.3, -0.25) is 4.90 Å². The summed E-state index contributed by atoms with van der Waals surface area (Å²) >= 11 is 0. The molecule has 2 fully saturated rings. The fraction of sp³-hybridized carbons (Fsp3) is 0.600. The minimum atomic E-state index is -1.74. The Balaban J connectivity index is 1.75. The number of halogens is 1. The van der Waals surface area contributed by atoms with Crippen LogP contribution in [0.15, 0.2) is 18.2 Å². The van der Waals surface area contributed by atoms with Crippen molar-refractivity contribution in [3.05, 3.63) is 29.6 Å². The smallest absolute Gasteiger partial charge is 0.423 e. The van der Waals surface area contributed by atoms with Gasteiger partial charge >= 0.3 is 7.12 Å². The van der Waals surface area contributed by atoms with Gasteiger partial charge in [-0.2, -0.15) is 0 Å². The van der Waals surface area contributed by atoms with Crippen molar-refractivity contribution in [3.8, 4) is 0 Å². The zero-order chi connectivity index (χ0) is 14.1. The lowest BCUT2D eigenvalue weighted by Crippen LogP contribution is -2.42. The molecule has 0 bridgehead atoms. The molecule has 0 spiro atoms. The summed E-state index contributed by atoms with van der Waals surface area (Å²) < 4.78 is 13.5. The quantitative estimate of drug-likeness (QED) is 0.818. The van der Waals surface area contributed by atoms with Gasteiger partial charge in [0.2, 0.25) is 0 Å². The summed E-state index contributed by atoms with van der Waals surface area (Å²) in [5, 5.41) is 18.4. The predicted octanol–water partition coefficient (Wildman–Crippen LogP) is 1.27. The second-order valence-electron chi connectivity index (χ2n) is 6.10. The van der Waals surface area contributed by atoms with Gasteiger partial charge in [-0.1, -0.05) is 18.6 Å². The molecule has 3 rings (SSSR count). The number of piperidine rings is 1. The zero-order valence-corrected chi connectivity index (χ0v) is 11.6. The number of likely N-dealkylation sites (tertiary alicyclic amines) is 1. The van der Waals surface area contributed by atoms with E-state index in [0.29, 0.717) is 6.04 Å². The Hall–Kier alpha value is -0.905. The number of benzene rings is 1. The minimum absolute atomic E-state index is 0.0255. The highest BCUT2D eigenvalue weighted by molar-refractivity contribution is 6.58. The molecule has 2 N–H and O–H groups in total. The van der Waals surface area contributed by atoms with Gasteiger partial charge in [-0.15, -0.1) is 0 Å². The Kier molecular flexibility index (Phi) is 4.10. The predicted molar refractivity (Wildman–Crippen MR) is 77.0 cm³/mol. The molecule has 2 unspecified atom stereocenters. The van der Waals surface area contributed by atoms with Crippen molar-refractivity contribution in [1.29, 1.82) is 0 Å². The maximum absolute atomic E-state index is 13.5. The molecule has 1 aliphatic heterocycles. The van der Waals surface area contributed by atoms with Crippen molar-refractivity contribution in [1.82, 2.24) is 4.90 Å². The first kappa shape index (κ1) is 14.0. The highest BCUT2D eigenvalue weighted by Crippen LogP contribution is 2.37. The van der Waals surface area contributed by atoms with E-state index in [1.807, 2.05) is 0 Å². The van der Waals surface area contributed by atoms with E-state index in [0.717, 1.165) is 24.6 Å². The summed E-state index contributed by atoms with van der Waals surface area (Å²) in [4.78, 5) is 2.49. The number of rotatable bonds is 3. The third-order valence-electron chi connectivity index (χ3n) is 4.83. The Morgan fingerprint density at radius 3 is 2.80 bits per heavy atom. The average molecular weight is 277 g/mol. The molecule has 2 aliphatic rings. The van der Waals surface area contributed by atoms with Crippen LogP contribution in [-0.2, 0) is 6.54 Å². The molecule has 1 aromatic rings. The van der Waals surface area contributed by atoms with E-state index < -0.39 is 12.9 Å². The fourth-order valence-corrected chi connectivity index (χ4v) is 3.88. The van der Waals surface area contributed by atoms with Crippen LogP contribution in [0.4, 0.5) is 4.39 Å². The molecule has 1 saturated carbocycles. The first-order valence-electron chi connectivity index (χ1n) is 7.53. The van der Waals surface area contributed by atoms with E-state index in [2.05, 4.69) is 4.90 Å². The van der Waals surface area contributed by atoms with Crippen molar-refractivity contribution in [2.24, 2.45) is 5.92 Å². The van der Waals surface area contributed by atoms with Gasteiger partial charge in [0.05, 0.1) is 0 Å². The number of hydrogen-bond donors (Lipinski definition) is 2. The molecule has 1 heterocycles. The van der Waals surface area contributed by atoms with Gasteiger partial charge in [-0.05, 0) is 49.8 Å². The van der Waals surface area contributed by atoms with E-state index in [1.54, 1.807) is 12.1 Å². The van der Waals surface area contributed by atoms with Crippen molar-refractivity contribution in [2.75, 3.05) is 6.54 Å². The Labute approximate surface area is 119 Å². The van der Waals surface area contributed by atoms with Gasteiger partial charge < -0.3 is 10.0 Å². The van der Waals surface area contributed by atoms with Crippen LogP contribution in [0, 0.1) is 11.7 Å². The van der Waals surface area contributed by atoms with Gasteiger partial charge in [0, 0.05) is 18.0 Å². The van der Waals surface area contributed by atoms with Crippen molar-refractivity contribution >= 4 is 12.6 Å². The highest BCUT2D eigenvalue weighted by atomic mass is 19.1. The molecule has 5 heteroatoms. The van der Waals surface area contributed by atoms with Crippen LogP contribution in [0.5, 0.6) is 0 Å². The zero-order valence-electron chi connectivity index (χ0n) is 11.6. The third kappa shape index (κ3) is 2.75. The van der Waals surface area contributed by atoms with E-state index in [-0.39, 0.29) is 5.46 Å². The van der Waals surface area contributed by atoms with E-state index >= 15 is 0 Å². The van der Waals surface area contributed by atoms with Crippen molar-refractivity contribution in [3.63, 3.8) is 0 Å². The molecule has 3 nitrogen and oxygen atoms in total. The van der Waals surface area contributed by atoms with Crippen LogP contribution in [0.25, 0.3) is 0 Å². The van der Waals surface area contributed by atoms with Crippen LogP contribution in [0.2, 0.25) is 0 Å². The van der Waals surface area contributed by atoms with Gasteiger partial charge in [0.1, 0.15) is 5.82 Å². The largest absolute Gasteiger partial charge is 0.491 e. The molecule has 20 heavy (non-hydrogen) atoms. The minimum Gasteiger partial charge on any atom is -0.423 e. The summed E-state index contributed by atoms with van der Waals surface area (Å²) in [5.74, 6) is 0.272. The lowest BCUT2D eigenvalue weighted by molar-refractivity contribution is 0.106.